The summed E-state index contributed by atoms with van der Waals surface area (Å²) in [5.41, 5.74) is 0.360. The lowest BCUT2D eigenvalue weighted by Gasteiger charge is -2.59. The molecule has 146 valence electrons. The average Bonchev–Trinajstić information content (AvgIpc) is 2.61. The smallest absolute Gasteiger partial charge is 0.232 e. The molecule has 4 saturated carbocycles. The molecule has 26 heavy (non-hydrogen) atoms. The van der Waals surface area contributed by atoms with Crippen LogP contribution in [0.1, 0.15) is 64.7 Å². The zero-order valence-electron chi connectivity index (χ0n) is 16.2. The second-order valence-electron chi connectivity index (χ2n) is 9.50. The van der Waals surface area contributed by atoms with Crippen LogP contribution in [0.5, 0.6) is 0 Å². The molecule has 1 N–H and O–H groups in total. The Morgan fingerprint density at radius 3 is 2.15 bits per heavy atom. The summed E-state index contributed by atoms with van der Waals surface area (Å²) in [6.45, 7) is 4.03. The lowest BCUT2D eigenvalue weighted by Crippen LogP contribution is -2.56. The second-order valence-corrected chi connectivity index (χ2v) is 10.5. The fourth-order valence-electron chi connectivity index (χ4n) is 6.61. The Bertz CT molecular complexity index is 509. The molecule has 4 nitrogen and oxygen atoms in total. The van der Waals surface area contributed by atoms with Gasteiger partial charge in [0, 0.05) is 19.1 Å². The minimum atomic E-state index is 0.115. The third-order valence-electron chi connectivity index (χ3n) is 7.55. The first-order valence-corrected chi connectivity index (χ1v) is 11.8. The Balaban J connectivity index is 1.21. The van der Waals surface area contributed by atoms with E-state index < -0.39 is 0 Å². The fourth-order valence-corrected chi connectivity index (χ4v) is 7.34. The quantitative estimate of drug-likeness (QED) is 0.770. The summed E-state index contributed by atoms with van der Waals surface area (Å²) in [5.74, 6) is 3.92. The summed E-state index contributed by atoms with van der Waals surface area (Å²) in [5, 5.41) is 3.31. The highest BCUT2D eigenvalue weighted by molar-refractivity contribution is 8.00. The molecule has 5 fully saturated rings. The Hall–Kier alpha value is -0.710. The number of carbonyl (C=O) groups is 2. The number of amides is 2. The minimum absolute atomic E-state index is 0.115. The van der Waals surface area contributed by atoms with Crippen molar-refractivity contribution in [1.82, 2.24) is 10.2 Å². The predicted molar refractivity (Wildman–Crippen MR) is 106 cm³/mol. The van der Waals surface area contributed by atoms with E-state index in [0.29, 0.717) is 16.9 Å². The molecule has 1 saturated heterocycles. The van der Waals surface area contributed by atoms with Crippen LogP contribution >= 0.6 is 11.8 Å². The molecule has 1 aliphatic heterocycles. The molecular weight excluding hydrogens is 344 g/mol. The average molecular weight is 379 g/mol. The number of likely N-dealkylation sites (tertiary alicyclic amines) is 1. The van der Waals surface area contributed by atoms with Crippen molar-refractivity contribution in [3.05, 3.63) is 0 Å². The third kappa shape index (κ3) is 3.93. The Kier molecular flexibility index (Phi) is 5.54. The van der Waals surface area contributed by atoms with Crippen molar-refractivity contribution in [2.24, 2.45) is 23.2 Å². The first-order valence-electron chi connectivity index (χ1n) is 10.7. The number of piperidine rings is 1. The van der Waals surface area contributed by atoms with Gasteiger partial charge in [0.2, 0.25) is 11.8 Å². The van der Waals surface area contributed by atoms with E-state index in [9.17, 15) is 9.59 Å². The molecule has 0 aromatic heterocycles. The molecule has 1 atom stereocenters. The van der Waals surface area contributed by atoms with Crippen molar-refractivity contribution in [2.75, 3.05) is 24.6 Å². The van der Waals surface area contributed by atoms with Gasteiger partial charge in [-0.2, -0.15) is 0 Å². The molecule has 0 spiro atoms. The van der Waals surface area contributed by atoms with Crippen LogP contribution in [-0.2, 0) is 9.59 Å². The van der Waals surface area contributed by atoms with Crippen LogP contribution in [0, 0.1) is 23.2 Å². The van der Waals surface area contributed by atoms with Crippen LogP contribution in [-0.4, -0.2) is 47.4 Å². The summed E-state index contributed by atoms with van der Waals surface area (Å²) in [6.07, 6.45) is 11.8. The summed E-state index contributed by atoms with van der Waals surface area (Å²) >= 11 is 1.48. The zero-order chi connectivity index (χ0) is 18.1. The van der Waals surface area contributed by atoms with Crippen molar-refractivity contribution in [2.45, 2.75) is 70.8 Å². The van der Waals surface area contributed by atoms with E-state index in [0.717, 1.165) is 43.7 Å². The van der Waals surface area contributed by atoms with E-state index in [1.807, 2.05) is 4.90 Å². The van der Waals surface area contributed by atoms with E-state index in [2.05, 4.69) is 12.2 Å². The van der Waals surface area contributed by atoms with Gasteiger partial charge in [-0.15, -0.1) is 11.8 Å². The van der Waals surface area contributed by atoms with Crippen LogP contribution in [0.15, 0.2) is 0 Å². The number of nitrogens with one attached hydrogen (secondary N) is 1. The maximum absolute atomic E-state index is 12.4. The molecular formula is C21H34N2O2S. The first kappa shape index (κ1) is 18.6. The van der Waals surface area contributed by atoms with E-state index in [-0.39, 0.29) is 17.9 Å². The van der Waals surface area contributed by atoms with Gasteiger partial charge in [-0.05, 0) is 87.9 Å². The molecule has 2 amide bonds. The minimum Gasteiger partial charge on any atom is -0.352 e. The lowest BCUT2D eigenvalue weighted by atomic mass is 9.48. The summed E-state index contributed by atoms with van der Waals surface area (Å²) in [7, 11) is 0. The molecule has 0 unspecified atom stereocenters. The second kappa shape index (κ2) is 7.73. The predicted octanol–water partition coefficient (Wildman–Crippen LogP) is 3.45. The van der Waals surface area contributed by atoms with Gasteiger partial charge < -0.3 is 10.2 Å². The highest BCUT2D eigenvalue weighted by atomic mass is 32.2. The monoisotopic (exact) mass is 378 g/mol. The van der Waals surface area contributed by atoms with Crippen molar-refractivity contribution in [1.29, 1.82) is 0 Å². The molecule has 5 heteroatoms. The fraction of sp³-hybridized carbons (Fsp3) is 0.905. The van der Waals surface area contributed by atoms with Gasteiger partial charge >= 0.3 is 0 Å². The number of hydrogen-bond acceptors (Lipinski definition) is 3. The highest BCUT2D eigenvalue weighted by Gasteiger charge is 2.53. The molecule has 5 rings (SSSR count). The Labute approximate surface area is 162 Å². The largest absolute Gasteiger partial charge is 0.352 e. The molecule has 0 aromatic rings. The number of rotatable bonds is 6. The van der Waals surface area contributed by atoms with Crippen molar-refractivity contribution in [3.8, 4) is 0 Å². The van der Waals surface area contributed by atoms with Gasteiger partial charge in [-0.25, -0.2) is 0 Å². The van der Waals surface area contributed by atoms with Gasteiger partial charge in [0.15, 0.2) is 0 Å². The molecule has 5 aliphatic rings. The van der Waals surface area contributed by atoms with Crippen LogP contribution in [0.25, 0.3) is 0 Å². The van der Waals surface area contributed by atoms with Crippen LogP contribution in [0.4, 0.5) is 0 Å². The third-order valence-corrected chi connectivity index (χ3v) is 8.47. The molecule has 0 aromatic carbocycles. The van der Waals surface area contributed by atoms with Gasteiger partial charge in [-0.3, -0.25) is 9.59 Å². The molecule has 0 radical (unpaired) electrons. The number of hydrogen-bond donors (Lipinski definition) is 1. The van der Waals surface area contributed by atoms with Crippen molar-refractivity contribution in [3.63, 3.8) is 0 Å². The SMILES string of the molecule is C[C@H](NC(=O)CSCC(=O)N1CCCCC1)C12CC3CC(CC(C3)C1)C2. The van der Waals surface area contributed by atoms with Crippen molar-refractivity contribution < 1.29 is 9.59 Å². The number of thioether (sulfide) groups is 1. The van der Waals surface area contributed by atoms with E-state index in [1.165, 1.54) is 56.7 Å². The standard InChI is InChI=1S/C21H34N2O2S/c1-15(21-10-16-7-17(11-21)9-18(8-16)12-21)22-19(24)13-26-14-20(25)23-5-3-2-4-6-23/h15-18H,2-14H2,1H3,(H,22,24)/t15-,16?,17?,18?,21?/m0/s1. The van der Waals surface area contributed by atoms with Crippen molar-refractivity contribution >= 4 is 23.6 Å². The zero-order valence-corrected chi connectivity index (χ0v) is 17.0. The van der Waals surface area contributed by atoms with Gasteiger partial charge in [0.05, 0.1) is 11.5 Å². The Morgan fingerprint density at radius 2 is 1.58 bits per heavy atom. The maximum atomic E-state index is 12.4. The van der Waals surface area contributed by atoms with Gasteiger partial charge in [0.25, 0.3) is 0 Å². The topological polar surface area (TPSA) is 49.4 Å². The van der Waals surface area contributed by atoms with E-state index in [1.54, 1.807) is 0 Å². The van der Waals surface area contributed by atoms with Gasteiger partial charge in [-0.1, -0.05) is 0 Å². The maximum Gasteiger partial charge on any atom is 0.232 e. The normalized spacial score (nSPS) is 36.8. The van der Waals surface area contributed by atoms with Crippen LogP contribution in [0.3, 0.4) is 0 Å². The molecule has 1 heterocycles. The summed E-state index contributed by atoms with van der Waals surface area (Å²) in [6, 6.07) is 0.279. The molecule has 4 aliphatic carbocycles. The number of nitrogens with zero attached hydrogens (tertiary/aromatic N) is 1. The summed E-state index contributed by atoms with van der Waals surface area (Å²) in [4.78, 5) is 26.6. The van der Waals surface area contributed by atoms with E-state index >= 15 is 0 Å². The van der Waals surface area contributed by atoms with Gasteiger partial charge in [0.1, 0.15) is 0 Å². The van der Waals surface area contributed by atoms with Crippen LogP contribution in [0.2, 0.25) is 0 Å². The summed E-state index contributed by atoms with van der Waals surface area (Å²) < 4.78 is 0. The van der Waals surface area contributed by atoms with E-state index in [4.69, 9.17) is 0 Å². The highest BCUT2D eigenvalue weighted by Crippen LogP contribution is 2.61. The van der Waals surface area contributed by atoms with Crippen LogP contribution < -0.4 is 5.32 Å². The molecule has 4 bridgehead atoms. The Morgan fingerprint density at radius 1 is 1.00 bits per heavy atom. The lowest BCUT2D eigenvalue weighted by molar-refractivity contribution is -0.129. The number of carbonyl (C=O) groups excluding carboxylic acids is 2. The first-order chi connectivity index (χ1) is 12.5.